The second-order valence-electron chi connectivity index (χ2n) is 3.19. The molecule has 0 radical (unpaired) electrons. The van der Waals surface area contributed by atoms with Crippen molar-refractivity contribution >= 4 is 11.8 Å². The molecule has 1 rings (SSSR count). The fourth-order valence-electron chi connectivity index (χ4n) is 1.16. The van der Waals surface area contributed by atoms with E-state index in [1.54, 1.807) is 7.11 Å². The summed E-state index contributed by atoms with van der Waals surface area (Å²) in [6, 6.07) is 4.08. The van der Waals surface area contributed by atoms with Gasteiger partial charge in [-0.1, -0.05) is 6.92 Å². The average Bonchev–Trinajstić information content (AvgIpc) is 2.69. The molecule has 0 aliphatic carbocycles. The number of hydrogen-bond donors (Lipinski definition) is 1. The third kappa shape index (κ3) is 5.25. The standard InChI is InChI=1S/C11H19NO2S/c1-3-12-8-10-4-5-11(14-10)9-15-7-6-13-2/h4-5,12H,3,6-9H2,1-2H3. The van der Waals surface area contributed by atoms with Gasteiger partial charge in [-0.05, 0) is 18.7 Å². The predicted molar refractivity (Wildman–Crippen MR) is 64.1 cm³/mol. The van der Waals surface area contributed by atoms with E-state index < -0.39 is 0 Å². The minimum atomic E-state index is 0.801. The molecule has 86 valence electrons. The van der Waals surface area contributed by atoms with Gasteiger partial charge in [-0.25, -0.2) is 0 Å². The summed E-state index contributed by atoms with van der Waals surface area (Å²) in [5.74, 6) is 4.00. The Morgan fingerprint density at radius 2 is 2.20 bits per heavy atom. The van der Waals surface area contributed by atoms with Gasteiger partial charge in [0.05, 0.1) is 18.9 Å². The highest BCUT2D eigenvalue weighted by molar-refractivity contribution is 7.98. The van der Waals surface area contributed by atoms with E-state index in [2.05, 4.69) is 12.2 Å². The molecular formula is C11H19NO2S. The summed E-state index contributed by atoms with van der Waals surface area (Å²) < 4.78 is 10.6. The van der Waals surface area contributed by atoms with Crippen molar-refractivity contribution in [3.8, 4) is 0 Å². The fourth-order valence-corrected chi connectivity index (χ4v) is 1.94. The minimum absolute atomic E-state index is 0.801. The molecule has 1 aromatic rings. The quantitative estimate of drug-likeness (QED) is 0.693. The fraction of sp³-hybridized carbons (Fsp3) is 0.636. The van der Waals surface area contributed by atoms with Crippen LogP contribution in [0.15, 0.2) is 16.5 Å². The lowest BCUT2D eigenvalue weighted by atomic mass is 10.4. The number of furan rings is 1. The predicted octanol–water partition coefficient (Wildman–Crippen LogP) is 2.27. The van der Waals surface area contributed by atoms with E-state index in [1.807, 2.05) is 23.9 Å². The lowest BCUT2D eigenvalue weighted by Crippen LogP contribution is -2.10. The van der Waals surface area contributed by atoms with Gasteiger partial charge < -0.3 is 14.5 Å². The highest BCUT2D eigenvalue weighted by Gasteiger charge is 2.01. The number of methoxy groups -OCH3 is 1. The van der Waals surface area contributed by atoms with Crippen LogP contribution in [0.4, 0.5) is 0 Å². The summed E-state index contributed by atoms with van der Waals surface area (Å²) in [6.45, 7) is 4.68. The first kappa shape index (κ1) is 12.6. The first-order chi connectivity index (χ1) is 7.36. The molecule has 0 unspecified atom stereocenters. The van der Waals surface area contributed by atoms with E-state index in [0.29, 0.717) is 0 Å². The lowest BCUT2D eigenvalue weighted by Gasteiger charge is -1.99. The molecule has 15 heavy (non-hydrogen) atoms. The third-order valence-electron chi connectivity index (χ3n) is 1.94. The Balaban J connectivity index is 2.20. The number of hydrogen-bond acceptors (Lipinski definition) is 4. The van der Waals surface area contributed by atoms with Gasteiger partial charge in [-0.3, -0.25) is 0 Å². The van der Waals surface area contributed by atoms with Gasteiger partial charge in [0.15, 0.2) is 0 Å². The molecule has 4 heteroatoms. The maximum atomic E-state index is 5.64. The summed E-state index contributed by atoms with van der Waals surface area (Å²) in [7, 11) is 1.72. The van der Waals surface area contributed by atoms with Crippen molar-refractivity contribution in [3.63, 3.8) is 0 Å². The molecule has 3 nitrogen and oxygen atoms in total. The van der Waals surface area contributed by atoms with Crippen molar-refractivity contribution in [1.82, 2.24) is 5.32 Å². The first-order valence-corrected chi connectivity index (χ1v) is 6.37. The number of rotatable bonds is 8. The molecule has 1 N–H and O–H groups in total. The summed E-state index contributed by atoms with van der Waals surface area (Å²) in [5, 5.41) is 3.23. The molecule has 0 spiro atoms. The molecule has 0 fully saturated rings. The minimum Gasteiger partial charge on any atom is -0.464 e. The number of thioether (sulfide) groups is 1. The van der Waals surface area contributed by atoms with Crippen LogP contribution in [0.5, 0.6) is 0 Å². The van der Waals surface area contributed by atoms with Crippen molar-refractivity contribution in [2.45, 2.75) is 19.2 Å². The Kier molecular flexibility index (Phi) is 6.55. The largest absolute Gasteiger partial charge is 0.464 e. The van der Waals surface area contributed by atoms with Crippen molar-refractivity contribution in [3.05, 3.63) is 23.7 Å². The zero-order valence-electron chi connectivity index (χ0n) is 9.41. The Bertz CT molecular complexity index is 263. The van der Waals surface area contributed by atoms with Crippen molar-refractivity contribution in [1.29, 1.82) is 0 Å². The Labute approximate surface area is 95.6 Å². The maximum Gasteiger partial charge on any atom is 0.117 e. The molecule has 0 aliphatic heterocycles. The van der Waals surface area contributed by atoms with E-state index in [4.69, 9.17) is 9.15 Å². The summed E-state index contributed by atoms with van der Waals surface area (Å²) in [4.78, 5) is 0. The van der Waals surface area contributed by atoms with Gasteiger partial charge >= 0.3 is 0 Å². The van der Waals surface area contributed by atoms with Crippen LogP contribution in [-0.2, 0) is 17.0 Å². The normalized spacial score (nSPS) is 10.8. The molecular weight excluding hydrogens is 210 g/mol. The van der Waals surface area contributed by atoms with Crippen molar-refractivity contribution < 1.29 is 9.15 Å². The second kappa shape index (κ2) is 7.79. The molecule has 0 bridgehead atoms. The topological polar surface area (TPSA) is 34.4 Å². The average molecular weight is 229 g/mol. The summed E-state index contributed by atoms with van der Waals surface area (Å²) in [5.41, 5.74) is 0. The zero-order chi connectivity index (χ0) is 10.9. The highest BCUT2D eigenvalue weighted by Crippen LogP contribution is 2.15. The van der Waals surface area contributed by atoms with Crippen LogP contribution in [0.2, 0.25) is 0 Å². The van der Waals surface area contributed by atoms with Gasteiger partial charge in [-0.2, -0.15) is 11.8 Å². The van der Waals surface area contributed by atoms with E-state index in [1.165, 1.54) is 0 Å². The van der Waals surface area contributed by atoms with Crippen LogP contribution < -0.4 is 5.32 Å². The molecule has 0 atom stereocenters. The third-order valence-corrected chi connectivity index (χ3v) is 2.89. The highest BCUT2D eigenvalue weighted by atomic mass is 32.2. The van der Waals surface area contributed by atoms with Gasteiger partial charge in [0.1, 0.15) is 11.5 Å². The Morgan fingerprint density at radius 3 is 2.93 bits per heavy atom. The van der Waals surface area contributed by atoms with Crippen LogP contribution in [0.1, 0.15) is 18.4 Å². The van der Waals surface area contributed by atoms with Crippen LogP contribution in [0, 0.1) is 0 Å². The van der Waals surface area contributed by atoms with E-state index in [-0.39, 0.29) is 0 Å². The van der Waals surface area contributed by atoms with Crippen LogP contribution in [-0.4, -0.2) is 26.0 Å². The van der Waals surface area contributed by atoms with Gasteiger partial charge in [0, 0.05) is 12.9 Å². The summed E-state index contributed by atoms with van der Waals surface area (Å²) >= 11 is 1.83. The lowest BCUT2D eigenvalue weighted by molar-refractivity contribution is 0.218. The van der Waals surface area contributed by atoms with Gasteiger partial charge in [-0.15, -0.1) is 0 Å². The van der Waals surface area contributed by atoms with Gasteiger partial charge in [0.25, 0.3) is 0 Å². The molecule has 0 aromatic carbocycles. The van der Waals surface area contributed by atoms with E-state index in [0.717, 1.165) is 42.7 Å². The molecule has 1 heterocycles. The smallest absolute Gasteiger partial charge is 0.117 e. The molecule has 0 aliphatic rings. The van der Waals surface area contributed by atoms with E-state index >= 15 is 0 Å². The first-order valence-electron chi connectivity index (χ1n) is 5.21. The van der Waals surface area contributed by atoms with Crippen molar-refractivity contribution in [2.24, 2.45) is 0 Å². The monoisotopic (exact) mass is 229 g/mol. The molecule has 1 aromatic heterocycles. The van der Waals surface area contributed by atoms with Gasteiger partial charge in [0.2, 0.25) is 0 Å². The van der Waals surface area contributed by atoms with Crippen LogP contribution >= 0.6 is 11.8 Å². The maximum absolute atomic E-state index is 5.64. The Hall–Kier alpha value is -0.450. The number of nitrogens with one attached hydrogen (secondary N) is 1. The molecule has 0 saturated heterocycles. The zero-order valence-corrected chi connectivity index (χ0v) is 10.2. The summed E-state index contributed by atoms with van der Waals surface area (Å²) in [6.07, 6.45) is 0. The van der Waals surface area contributed by atoms with Crippen LogP contribution in [0.25, 0.3) is 0 Å². The molecule has 0 amide bonds. The Morgan fingerprint density at radius 1 is 1.40 bits per heavy atom. The van der Waals surface area contributed by atoms with Crippen molar-refractivity contribution in [2.75, 3.05) is 26.0 Å². The molecule has 0 saturated carbocycles. The number of ether oxygens (including phenoxy) is 1. The second-order valence-corrected chi connectivity index (χ2v) is 4.30. The SMILES string of the molecule is CCNCc1ccc(CSCCOC)o1. The van der Waals surface area contributed by atoms with Crippen LogP contribution in [0.3, 0.4) is 0 Å². The van der Waals surface area contributed by atoms with E-state index in [9.17, 15) is 0 Å².